The maximum absolute atomic E-state index is 11.7. The van der Waals surface area contributed by atoms with Gasteiger partial charge in [0.1, 0.15) is 12.2 Å². The zero-order chi connectivity index (χ0) is 11.6. The van der Waals surface area contributed by atoms with Gasteiger partial charge in [-0.05, 0) is 19.3 Å². The summed E-state index contributed by atoms with van der Waals surface area (Å²) < 4.78 is 1.84. The highest BCUT2D eigenvalue weighted by atomic mass is 16.2. The van der Waals surface area contributed by atoms with E-state index >= 15 is 0 Å². The van der Waals surface area contributed by atoms with Crippen LogP contribution >= 0.6 is 0 Å². The average molecular weight is 223 g/mol. The third-order valence-corrected chi connectivity index (χ3v) is 3.14. The second kappa shape index (κ2) is 4.21. The molecular weight excluding hydrogens is 206 g/mol. The molecule has 1 saturated carbocycles. The minimum atomic E-state index is -0.611. The van der Waals surface area contributed by atoms with Crippen molar-refractivity contribution >= 4 is 5.91 Å². The fourth-order valence-corrected chi connectivity index (χ4v) is 1.78. The zero-order valence-electron chi connectivity index (χ0n) is 9.44. The molecule has 16 heavy (non-hydrogen) atoms. The van der Waals surface area contributed by atoms with E-state index in [-0.39, 0.29) is 5.91 Å². The summed E-state index contributed by atoms with van der Waals surface area (Å²) in [6, 6.07) is 0. The number of aromatic nitrogens is 3. The molecule has 0 saturated heterocycles. The fraction of sp³-hybridized carbons (Fsp3) is 0.700. The topological polar surface area (TPSA) is 85.8 Å². The molecular formula is C10H17N5O. The lowest BCUT2D eigenvalue weighted by Crippen LogP contribution is -2.58. The van der Waals surface area contributed by atoms with E-state index in [1.54, 1.807) is 6.33 Å². The Morgan fingerprint density at radius 2 is 2.44 bits per heavy atom. The highest BCUT2D eigenvalue weighted by Gasteiger charge is 2.39. The number of nitrogens with one attached hydrogen (secondary N) is 1. The largest absolute Gasteiger partial charge is 0.354 e. The molecule has 0 spiro atoms. The van der Waals surface area contributed by atoms with Gasteiger partial charge in [-0.3, -0.25) is 4.79 Å². The zero-order valence-corrected chi connectivity index (χ0v) is 9.44. The number of rotatable bonds is 4. The lowest BCUT2D eigenvalue weighted by molar-refractivity contribution is -0.129. The smallest absolute Gasteiger partial charge is 0.240 e. The normalized spacial score (nSPS) is 17.9. The van der Waals surface area contributed by atoms with Gasteiger partial charge in [0.25, 0.3) is 0 Å². The molecule has 1 fully saturated rings. The van der Waals surface area contributed by atoms with E-state index in [1.165, 1.54) is 0 Å². The summed E-state index contributed by atoms with van der Waals surface area (Å²) in [5, 5.41) is 10.6. The molecule has 6 nitrogen and oxygen atoms in total. The summed E-state index contributed by atoms with van der Waals surface area (Å²) in [5.74, 6) is 0.820. The number of hydrogen-bond acceptors (Lipinski definition) is 4. The molecule has 1 aliphatic rings. The second-order valence-electron chi connectivity index (χ2n) is 4.37. The maximum atomic E-state index is 11.7. The molecule has 2 rings (SSSR count). The van der Waals surface area contributed by atoms with Gasteiger partial charge in [0, 0.05) is 20.0 Å². The van der Waals surface area contributed by atoms with Crippen LogP contribution in [0.3, 0.4) is 0 Å². The molecule has 6 heteroatoms. The molecule has 0 aromatic carbocycles. The first-order chi connectivity index (χ1) is 7.62. The van der Waals surface area contributed by atoms with Crippen LogP contribution in [0.4, 0.5) is 0 Å². The second-order valence-corrected chi connectivity index (χ2v) is 4.37. The summed E-state index contributed by atoms with van der Waals surface area (Å²) >= 11 is 0. The van der Waals surface area contributed by atoms with Crippen LogP contribution in [-0.2, 0) is 18.3 Å². The number of carbonyl (C=O) groups is 1. The van der Waals surface area contributed by atoms with E-state index < -0.39 is 5.54 Å². The van der Waals surface area contributed by atoms with Crippen molar-refractivity contribution in [2.24, 2.45) is 12.8 Å². The first-order valence-electron chi connectivity index (χ1n) is 5.52. The van der Waals surface area contributed by atoms with Gasteiger partial charge in [0.05, 0.1) is 5.54 Å². The van der Waals surface area contributed by atoms with Crippen LogP contribution in [0.1, 0.15) is 25.1 Å². The van der Waals surface area contributed by atoms with E-state index in [0.29, 0.717) is 13.0 Å². The molecule has 0 aliphatic heterocycles. The quantitative estimate of drug-likeness (QED) is 0.710. The predicted octanol–water partition coefficient (Wildman–Crippen LogP) is -0.645. The van der Waals surface area contributed by atoms with E-state index in [0.717, 1.165) is 25.1 Å². The van der Waals surface area contributed by atoms with Gasteiger partial charge < -0.3 is 15.6 Å². The summed E-state index contributed by atoms with van der Waals surface area (Å²) in [5.41, 5.74) is 5.28. The molecule has 1 amide bonds. The Hall–Kier alpha value is -1.43. The highest BCUT2D eigenvalue weighted by Crippen LogP contribution is 2.28. The van der Waals surface area contributed by atoms with Crippen molar-refractivity contribution in [2.75, 3.05) is 6.54 Å². The van der Waals surface area contributed by atoms with Crippen LogP contribution in [0.2, 0.25) is 0 Å². The van der Waals surface area contributed by atoms with E-state index in [2.05, 4.69) is 15.5 Å². The third-order valence-electron chi connectivity index (χ3n) is 3.14. The molecule has 0 unspecified atom stereocenters. The Morgan fingerprint density at radius 1 is 1.69 bits per heavy atom. The van der Waals surface area contributed by atoms with Crippen molar-refractivity contribution in [3.8, 4) is 0 Å². The van der Waals surface area contributed by atoms with Crippen molar-refractivity contribution in [3.05, 3.63) is 12.2 Å². The third kappa shape index (κ3) is 2.06. The van der Waals surface area contributed by atoms with Crippen LogP contribution in [0.5, 0.6) is 0 Å². The molecule has 0 atom stereocenters. The van der Waals surface area contributed by atoms with Crippen molar-refractivity contribution in [1.29, 1.82) is 0 Å². The van der Waals surface area contributed by atoms with Crippen LogP contribution in [0.25, 0.3) is 0 Å². The number of amides is 1. The van der Waals surface area contributed by atoms with Crippen molar-refractivity contribution < 1.29 is 4.79 Å². The molecule has 3 N–H and O–H groups in total. The molecule has 1 heterocycles. The van der Waals surface area contributed by atoms with Crippen LogP contribution in [0.15, 0.2) is 6.33 Å². The van der Waals surface area contributed by atoms with Crippen molar-refractivity contribution in [2.45, 2.75) is 31.2 Å². The van der Waals surface area contributed by atoms with Crippen LogP contribution < -0.4 is 11.1 Å². The Bertz CT molecular complexity index is 382. The minimum absolute atomic E-state index is 0.0408. The first-order valence-corrected chi connectivity index (χ1v) is 5.52. The number of hydrogen-bond donors (Lipinski definition) is 2. The number of nitrogens with zero attached hydrogens (tertiary/aromatic N) is 3. The molecule has 1 aliphatic carbocycles. The lowest BCUT2D eigenvalue weighted by Gasteiger charge is -2.36. The lowest BCUT2D eigenvalue weighted by atomic mass is 9.77. The molecule has 0 bridgehead atoms. The maximum Gasteiger partial charge on any atom is 0.240 e. The van der Waals surface area contributed by atoms with Gasteiger partial charge in [0.15, 0.2) is 0 Å². The van der Waals surface area contributed by atoms with Crippen molar-refractivity contribution in [3.63, 3.8) is 0 Å². The standard InChI is InChI=1S/C10H17N5O/c1-15-7-13-14-8(15)3-6-12-9(16)10(11)4-2-5-10/h7H,2-6,11H2,1H3,(H,12,16). The highest BCUT2D eigenvalue weighted by molar-refractivity contribution is 5.86. The number of aryl methyl sites for hydroxylation is 1. The SMILES string of the molecule is Cn1cnnc1CCNC(=O)C1(N)CCC1. The summed E-state index contributed by atoms with van der Waals surface area (Å²) in [6.07, 6.45) is 4.96. The number of nitrogens with two attached hydrogens (primary N) is 1. The Morgan fingerprint density at radius 3 is 2.94 bits per heavy atom. The van der Waals surface area contributed by atoms with Crippen molar-refractivity contribution in [1.82, 2.24) is 20.1 Å². The van der Waals surface area contributed by atoms with Gasteiger partial charge in [-0.15, -0.1) is 10.2 Å². The minimum Gasteiger partial charge on any atom is -0.354 e. The Kier molecular flexibility index (Phi) is 2.91. The van der Waals surface area contributed by atoms with Gasteiger partial charge in [-0.25, -0.2) is 0 Å². The molecule has 0 radical (unpaired) electrons. The fourth-order valence-electron chi connectivity index (χ4n) is 1.78. The average Bonchev–Trinajstić information content (AvgIpc) is 2.61. The molecule has 1 aromatic rings. The van der Waals surface area contributed by atoms with Gasteiger partial charge in [-0.1, -0.05) is 0 Å². The van der Waals surface area contributed by atoms with E-state index in [1.807, 2.05) is 11.6 Å². The monoisotopic (exact) mass is 223 g/mol. The summed E-state index contributed by atoms with van der Waals surface area (Å²) in [4.78, 5) is 11.7. The number of carbonyl (C=O) groups excluding carboxylic acids is 1. The summed E-state index contributed by atoms with van der Waals surface area (Å²) in [6.45, 7) is 0.560. The Balaban J connectivity index is 1.76. The van der Waals surface area contributed by atoms with Gasteiger partial charge in [0.2, 0.25) is 5.91 Å². The Labute approximate surface area is 94.2 Å². The first kappa shape index (κ1) is 11.1. The van der Waals surface area contributed by atoms with Gasteiger partial charge in [-0.2, -0.15) is 0 Å². The molecule has 88 valence electrons. The van der Waals surface area contributed by atoms with Gasteiger partial charge >= 0.3 is 0 Å². The predicted molar refractivity (Wildman–Crippen MR) is 58.5 cm³/mol. The van der Waals surface area contributed by atoms with Crippen LogP contribution in [0, 0.1) is 0 Å². The van der Waals surface area contributed by atoms with E-state index in [9.17, 15) is 4.79 Å². The summed E-state index contributed by atoms with van der Waals surface area (Å²) in [7, 11) is 1.88. The van der Waals surface area contributed by atoms with Crippen LogP contribution in [-0.4, -0.2) is 32.8 Å². The van der Waals surface area contributed by atoms with E-state index in [4.69, 9.17) is 5.73 Å². The molecule has 1 aromatic heterocycles.